The number of rotatable bonds is 2. The zero-order valence-electron chi connectivity index (χ0n) is 14.7. The second-order valence-electron chi connectivity index (χ2n) is 6.75. The molecule has 1 N–H and O–H groups in total. The molecule has 7 heteroatoms. The van der Waals surface area contributed by atoms with E-state index in [4.69, 9.17) is 0 Å². The molecule has 1 aliphatic rings. The van der Waals surface area contributed by atoms with E-state index in [-0.39, 0.29) is 11.7 Å². The number of aromatic amines is 1. The highest BCUT2D eigenvalue weighted by Crippen LogP contribution is 2.30. The van der Waals surface area contributed by atoms with Gasteiger partial charge in [0.25, 0.3) is 5.91 Å². The smallest absolute Gasteiger partial charge is 0.266 e. The van der Waals surface area contributed by atoms with Crippen molar-refractivity contribution in [2.75, 3.05) is 6.54 Å². The molecule has 136 valence electrons. The number of carbonyl (C=O) groups excluding carboxylic acids is 1. The van der Waals surface area contributed by atoms with Crippen LogP contribution < -0.4 is 0 Å². The Hall–Kier alpha value is -2.93. The van der Waals surface area contributed by atoms with Gasteiger partial charge in [-0.1, -0.05) is 11.3 Å². The van der Waals surface area contributed by atoms with E-state index in [1.807, 2.05) is 40.9 Å². The van der Waals surface area contributed by atoms with E-state index in [9.17, 15) is 9.18 Å². The SMILES string of the molecule is Cc1nc(-n2cccc2)sc1C(=O)N1CCc2[nH]c3ccc(F)cc3c2C1. The van der Waals surface area contributed by atoms with E-state index in [1.165, 1.54) is 17.4 Å². The molecule has 0 atom stereocenters. The van der Waals surface area contributed by atoms with Crippen molar-refractivity contribution in [1.29, 1.82) is 0 Å². The fourth-order valence-electron chi connectivity index (χ4n) is 3.66. The van der Waals surface area contributed by atoms with Crippen LogP contribution in [0.15, 0.2) is 42.7 Å². The van der Waals surface area contributed by atoms with Gasteiger partial charge in [0.15, 0.2) is 5.13 Å². The van der Waals surface area contributed by atoms with Crippen molar-refractivity contribution in [2.45, 2.75) is 19.9 Å². The molecule has 0 spiro atoms. The molecule has 0 radical (unpaired) electrons. The Morgan fingerprint density at radius 3 is 2.93 bits per heavy atom. The standard InChI is InChI=1S/C20H17FN4OS/c1-12-18(27-20(22-12)24-7-2-3-8-24)19(26)25-9-6-17-15(11-25)14-10-13(21)4-5-16(14)23-17/h2-5,7-8,10,23H,6,9,11H2,1H3. The summed E-state index contributed by atoms with van der Waals surface area (Å²) in [5, 5.41) is 1.64. The molecule has 4 aromatic rings. The summed E-state index contributed by atoms with van der Waals surface area (Å²) in [5.41, 5.74) is 3.76. The Morgan fingerprint density at radius 2 is 2.11 bits per heavy atom. The third kappa shape index (κ3) is 2.66. The van der Waals surface area contributed by atoms with Crippen molar-refractivity contribution >= 4 is 28.1 Å². The van der Waals surface area contributed by atoms with Gasteiger partial charge in [0.1, 0.15) is 10.7 Å². The maximum atomic E-state index is 13.7. The normalized spacial score (nSPS) is 13.9. The zero-order chi connectivity index (χ0) is 18.5. The van der Waals surface area contributed by atoms with Gasteiger partial charge in [-0.3, -0.25) is 4.79 Å². The van der Waals surface area contributed by atoms with E-state index in [0.29, 0.717) is 18.0 Å². The first kappa shape index (κ1) is 16.3. The van der Waals surface area contributed by atoms with Gasteiger partial charge in [-0.2, -0.15) is 0 Å². The van der Waals surface area contributed by atoms with Crippen molar-refractivity contribution in [1.82, 2.24) is 19.4 Å². The van der Waals surface area contributed by atoms with Crippen LogP contribution in [0.5, 0.6) is 0 Å². The minimum Gasteiger partial charge on any atom is -0.358 e. The lowest BCUT2D eigenvalue weighted by molar-refractivity contribution is 0.0739. The van der Waals surface area contributed by atoms with Gasteiger partial charge in [-0.25, -0.2) is 9.37 Å². The predicted octanol–water partition coefficient (Wildman–Crippen LogP) is 4.06. The number of benzene rings is 1. The van der Waals surface area contributed by atoms with Gasteiger partial charge >= 0.3 is 0 Å². The van der Waals surface area contributed by atoms with Crippen LogP contribution in [0, 0.1) is 12.7 Å². The quantitative estimate of drug-likeness (QED) is 0.570. The van der Waals surface area contributed by atoms with Gasteiger partial charge in [0.05, 0.1) is 5.69 Å². The largest absolute Gasteiger partial charge is 0.358 e. The Kier molecular flexibility index (Phi) is 3.65. The molecule has 1 aliphatic heterocycles. The van der Waals surface area contributed by atoms with Crippen LogP contribution in [0.3, 0.4) is 0 Å². The fourth-order valence-corrected chi connectivity index (χ4v) is 4.66. The molecule has 0 saturated heterocycles. The number of nitrogens with one attached hydrogen (secondary N) is 1. The average Bonchev–Trinajstić information content (AvgIpc) is 3.38. The number of nitrogens with zero attached hydrogens (tertiary/aromatic N) is 3. The summed E-state index contributed by atoms with van der Waals surface area (Å²) in [4.78, 5) is 23.5. The second-order valence-corrected chi connectivity index (χ2v) is 7.73. The van der Waals surface area contributed by atoms with Gasteiger partial charge in [-0.05, 0) is 37.3 Å². The van der Waals surface area contributed by atoms with Crippen molar-refractivity contribution in [2.24, 2.45) is 0 Å². The summed E-state index contributed by atoms with van der Waals surface area (Å²) in [5.74, 6) is -0.276. The summed E-state index contributed by atoms with van der Waals surface area (Å²) in [6, 6.07) is 8.62. The van der Waals surface area contributed by atoms with E-state index in [0.717, 1.165) is 39.4 Å². The lowest BCUT2D eigenvalue weighted by Crippen LogP contribution is -2.35. The number of hydrogen-bond donors (Lipinski definition) is 1. The molecule has 27 heavy (non-hydrogen) atoms. The number of carbonyl (C=O) groups is 1. The van der Waals surface area contributed by atoms with Crippen LogP contribution in [0.25, 0.3) is 16.0 Å². The molecule has 0 saturated carbocycles. The van der Waals surface area contributed by atoms with Crippen LogP contribution in [0.1, 0.15) is 26.6 Å². The molecule has 0 aliphatic carbocycles. The predicted molar refractivity (Wildman–Crippen MR) is 103 cm³/mol. The molecule has 1 aromatic carbocycles. The average molecular weight is 380 g/mol. The van der Waals surface area contributed by atoms with Crippen molar-refractivity contribution in [3.63, 3.8) is 0 Å². The Morgan fingerprint density at radius 1 is 1.30 bits per heavy atom. The summed E-state index contributed by atoms with van der Waals surface area (Å²) < 4.78 is 15.6. The van der Waals surface area contributed by atoms with Crippen LogP contribution in [0.2, 0.25) is 0 Å². The molecule has 4 heterocycles. The van der Waals surface area contributed by atoms with E-state index in [2.05, 4.69) is 9.97 Å². The number of H-pyrrole nitrogens is 1. The van der Waals surface area contributed by atoms with Gasteiger partial charge in [-0.15, -0.1) is 0 Å². The summed E-state index contributed by atoms with van der Waals surface area (Å²) in [6.45, 7) is 2.98. The molecule has 1 amide bonds. The first-order valence-electron chi connectivity index (χ1n) is 8.79. The molecule has 3 aromatic heterocycles. The summed E-state index contributed by atoms with van der Waals surface area (Å²) in [6.07, 6.45) is 4.57. The lowest BCUT2D eigenvalue weighted by atomic mass is 10.0. The Bertz CT molecular complexity index is 1160. The number of thiazole rings is 1. The second kappa shape index (κ2) is 6.06. The molecule has 0 bridgehead atoms. The van der Waals surface area contributed by atoms with E-state index >= 15 is 0 Å². The molecular formula is C20H17FN4OS. The maximum Gasteiger partial charge on any atom is 0.266 e. The first-order valence-corrected chi connectivity index (χ1v) is 9.61. The number of aryl methyl sites for hydroxylation is 1. The molecule has 0 fully saturated rings. The van der Waals surface area contributed by atoms with E-state index in [1.54, 1.807) is 12.1 Å². The van der Waals surface area contributed by atoms with Crippen molar-refractivity contribution in [3.05, 3.63) is 70.4 Å². The number of hydrogen-bond acceptors (Lipinski definition) is 3. The number of amides is 1. The third-order valence-corrected chi connectivity index (χ3v) is 6.19. The Balaban J connectivity index is 1.47. The van der Waals surface area contributed by atoms with Gasteiger partial charge in [0, 0.05) is 54.1 Å². The summed E-state index contributed by atoms with van der Waals surface area (Å²) in [7, 11) is 0. The molecular weight excluding hydrogens is 363 g/mol. The van der Waals surface area contributed by atoms with Crippen LogP contribution in [0.4, 0.5) is 4.39 Å². The van der Waals surface area contributed by atoms with Crippen LogP contribution in [-0.2, 0) is 13.0 Å². The number of fused-ring (bicyclic) bond motifs is 3. The van der Waals surface area contributed by atoms with E-state index < -0.39 is 0 Å². The highest BCUT2D eigenvalue weighted by atomic mass is 32.1. The highest BCUT2D eigenvalue weighted by Gasteiger charge is 2.27. The highest BCUT2D eigenvalue weighted by molar-refractivity contribution is 7.16. The number of halogens is 1. The molecule has 5 rings (SSSR count). The van der Waals surface area contributed by atoms with Crippen molar-refractivity contribution in [3.8, 4) is 5.13 Å². The monoisotopic (exact) mass is 380 g/mol. The van der Waals surface area contributed by atoms with Gasteiger partial charge in [0.2, 0.25) is 0 Å². The lowest BCUT2D eigenvalue weighted by Gasteiger charge is -2.27. The summed E-state index contributed by atoms with van der Waals surface area (Å²) >= 11 is 1.40. The third-order valence-electron chi connectivity index (χ3n) is 5.03. The van der Waals surface area contributed by atoms with Crippen LogP contribution in [-0.4, -0.2) is 31.9 Å². The fraction of sp³-hybridized carbons (Fsp3) is 0.200. The van der Waals surface area contributed by atoms with Crippen LogP contribution >= 0.6 is 11.3 Å². The van der Waals surface area contributed by atoms with Gasteiger partial charge < -0.3 is 14.5 Å². The maximum absolute atomic E-state index is 13.7. The minimum atomic E-state index is -0.262. The molecule has 5 nitrogen and oxygen atoms in total. The first-order chi connectivity index (χ1) is 13.1. The minimum absolute atomic E-state index is 0.0141. The Labute approximate surface area is 159 Å². The molecule has 0 unspecified atom stereocenters. The zero-order valence-corrected chi connectivity index (χ0v) is 15.5. The number of aromatic nitrogens is 3. The van der Waals surface area contributed by atoms with Crippen molar-refractivity contribution < 1.29 is 9.18 Å². The topological polar surface area (TPSA) is 53.9 Å².